The van der Waals surface area contributed by atoms with Crippen LogP contribution in [0.4, 0.5) is 11.4 Å². The number of methoxy groups -OCH3 is 1. The second-order valence-corrected chi connectivity index (χ2v) is 9.52. The minimum Gasteiger partial charge on any atom is -0.494 e. The van der Waals surface area contributed by atoms with Crippen LogP contribution in [0.1, 0.15) is 44.7 Å². The van der Waals surface area contributed by atoms with Gasteiger partial charge in [0.1, 0.15) is 5.75 Å². The quantitative estimate of drug-likeness (QED) is 0.368. The molecule has 2 aliphatic heterocycles. The molecule has 0 unspecified atom stereocenters. The topological polar surface area (TPSA) is 82.7 Å². The van der Waals surface area contributed by atoms with Gasteiger partial charge in [-0.1, -0.05) is 29.7 Å². The van der Waals surface area contributed by atoms with E-state index in [1.165, 1.54) is 31.0 Å². The Morgan fingerprint density at radius 3 is 2.24 bits per heavy atom. The van der Waals surface area contributed by atoms with Crippen molar-refractivity contribution in [3.63, 3.8) is 0 Å². The molecule has 0 aliphatic carbocycles. The van der Waals surface area contributed by atoms with Crippen molar-refractivity contribution in [3.8, 4) is 18.1 Å². The highest BCUT2D eigenvalue weighted by molar-refractivity contribution is 6.31. The van der Waals surface area contributed by atoms with Gasteiger partial charge in [-0.25, -0.2) is 0 Å². The number of rotatable bonds is 7. The normalized spacial score (nSPS) is 15.2. The van der Waals surface area contributed by atoms with Crippen LogP contribution in [0.15, 0.2) is 66.4 Å². The predicted molar refractivity (Wildman–Crippen MR) is 150 cm³/mol. The molecule has 7 nitrogen and oxygen atoms in total. The van der Waals surface area contributed by atoms with Crippen molar-refractivity contribution in [1.29, 1.82) is 0 Å². The minimum atomic E-state index is -0.455. The van der Waals surface area contributed by atoms with E-state index in [9.17, 15) is 9.59 Å². The van der Waals surface area contributed by atoms with E-state index in [1.54, 1.807) is 42.5 Å². The first-order valence-corrected chi connectivity index (χ1v) is 12.7. The van der Waals surface area contributed by atoms with Gasteiger partial charge in [-0.15, -0.1) is 6.42 Å². The number of carbonyl (C=O) groups excluding carboxylic acids is 2. The Kier molecular flexibility index (Phi) is 7.25. The number of nitrogens with one attached hydrogen (secondary N) is 3. The molecule has 0 radical (unpaired) electrons. The fourth-order valence-electron chi connectivity index (χ4n) is 4.40. The number of amides is 2. The van der Waals surface area contributed by atoms with Crippen LogP contribution in [0, 0.1) is 12.3 Å². The first kappa shape index (κ1) is 25.2. The molecule has 2 aliphatic rings. The third-order valence-corrected chi connectivity index (χ3v) is 6.89. The van der Waals surface area contributed by atoms with E-state index in [0.717, 1.165) is 31.6 Å². The van der Waals surface area contributed by atoms with Crippen molar-refractivity contribution in [2.45, 2.75) is 12.8 Å². The highest BCUT2D eigenvalue weighted by Gasteiger charge is 2.25. The number of ether oxygens (including phenoxy) is 1. The van der Waals surface area contributed by atoms with Crippen LogP contribution in [0.5, 0.6) is 5.75 Å². The summed E-state index contributed by atoms with van der Waals surface area (Å²) in [5.74, 6) is 1.99. The average Bonchev–Trinajstić information content (AvgIpc) is 2.87. The third-order valence-electron chi connectivity index (χ3n) is 6.67. The summed E-state index contributed by atoms with van der Waals surface area (Å²) in [6.07, 6.45) is 7.63. The van der Waals surface area contributed by atoms with Crippen LogP contribution >= 0.6 is 11.6 Å². The highest BCUT2D eigenvalue weighted by atomic mass is 35.5. The Morgan fingerprint density at radius 1 is 1.00 bits per heavy atom. The molecule has 0 atom stereocenters. The second-order valence-electron chi connectivity index (χ2n) is 9.08. The standard InChI is InChI=1S/C30H27ClN4O3/c1-3-19-5-11-23(12-6-19)33-30(37)24-17-22(31)18-26(38-2)27(24)34-29(36)21-9-7-20(8-10-21)28(25-13-14-32-25)35-15-4-16-35/h1,5-12,17-18,32H,4,13-16H2,2H3,(H,33,37)(H,34,36). The summed E-state index contributed by atoms with van der Waals surface area (Å²) < 4.78 is 5.46. The molecule has 0 aromatic heterocycles. The van der Waals surface area contributed by atoms with E-state index in [1.807, 2.05) is 12.1 Å². The Morgan fingerprint density at radius 2 is 1.68 bits per heavy atom. The van der Waals surface area contributed by atoms with Crippen LogP contribution in [0.3, 0.4) is 0 Å². The summed E-state index contributed by atoms with van der Waals surface area (Å²) in [5, 5.41) is 9.38. The minimum absolute atomic E-state index is 0.168. The Hall–Kier alpha value is -4.41. The zero-order valence-corrected chi connectivity index (χ0v) is 21.7. The predicted octanol–water partition coefficient (Wildman–Crippen LogP) is 5.20. The fourth-order valence-corrected chi connectivity index (χ4v) is 4.61. The molecule has 38 heavy (non-hydrogen) atoms. The van der Waals surface area contributed by atoms with Gasteiger partial charge in [0.25, 0.3) is 11.8 Å². The monoisotopic (exact) mass is 526 g/mol. The van der Waals surface area contributed by atoms with Crippen molar-refractivity contribution in [3.05, 3.63) is 93.6 Å². The Labute approximate surface area is 226 Å². The summed E-state index contributed by atoms with van der Waals surface area (Å²) >= 11 is 6.26. The lowest BCUT2D eigenvalue weighted by Gasteiger charge is -2.39. The van der Waals surface area contributed by atoms with Crippen LogP contribution in [0.25, 0.3) is 5.70 Å². The molecule has 0 bridgehead atoms. The summed E-state index contributed by atoms with van der Waals surface area (Å²) in [4.78, 5) is 28.8. The molecule has 0 saturated carbocycles. The molecule has 8 heteroatoms. The van der Waals surface area contributed by atoms with Gasteiger partial charge in [0, 0.05) is 59.7 Å². The van der Waals surface area contributed by atoms with Gasteiger partial charge in [0.05, 0.1) is 24.1 Å². The fraction of sp³-hybridized carbons (Fsp3) is 0.200. The number of hydrogen-bond acceptors (Lipinski definition) is 5. The molecular formula is C30H27ClN4O3. The molecule has 3 aromatic carbocycles. The molecule has 2 fully saturated rings. The van der Waals surface area contributed by atoms with E-state index in [0.29, 0.717) is 21.8 Å². The smallest absolute Gasteiger partial charge is 0.257 e. The van der Waals surface area contributed by atoms with Crippen molar-refractivity contribution in [2.75, 3.05) is 37.4 Å². The molecule has 2 amide bonds. The highest BCUT2D eigenvalue weighted by Crippen LogP contribution is 2.34. The van der Waals surface area contributed by atoms with Crippen molar-refractivity contribution < 1.29 is 14.3 Å². The molecule has 2 heterocycles. The van der Waals surface area contributed by atoms with E-state index >= 15 is 0 Å². The summed E-state index contributed by atoms with van der Waals surface area (Å²) in [7, 11) is 1.45. The van der Waals surface area contributed by atoms with Gasteiger partial charge in [0.15, 0.2) is 0 Å². The van der Waals surface area contributed by atoms with Gasteiger partial charge in [0.2, 0.25) is 0 Å². The zero-order valence-electron chi connectivity index (χ0n) is 20.9. The largest absolute Gasteiger partial charge is 0.494 e. The Bertz CT molecular complexity index is 1450. The van der Waals surface area contributed by atoms with Gasteiger partial charge in [-0.2, -0.15) is 0 Å². The number of anilines is 2. The zero-order chi connectivity index (χ0) is 26.6. The van der Waals surface area contributed by atoms with Gasteiger partial charge in [-0.05, 0) is 54.4 Å². The van der Waals surface area contributed by atoms with E-state index in [-0.39, 0.29) is 22.9 Å². The van der Waals surface area contributed by atoms with Crippen molar-refractivity contribution in [2.24, 2.45) is 0 Å². The first-order valence-electron chi connectivity index (χ1n) is 12.4. The third kappa shape index (κ3) is 5.17. The van der Waals surface area contributed by atoms with Gasteiger partial charge >= 0.3 is 0 Å². The number of benzene rings is 3. The number of hydrogen-bond donors (Lipinski definition) is 3. The van der Waals surface area contributed by atoms with Crippen LogP contribution in [-0.4, -0.2) is 43.5 Å². The molecule has 3 aromatic rings. The molecule has 0 spiro atoms. The number of halogens is 1. The van der Waals surface area contributed by atoms with Crippen LogP contribution in [0.2, 0.25) is 5.02 Å². The van der Waals surface area contributed by atoms with Crippen LogP contribution in [-0.2, 0) is 0 Å². The molecule has 2 saturated heterocycles. The van der Waals surface area contributed by atoms with E-state index in [2.05, 4.69) is 26.8 Å². The molecule has 5 rings (SSSR count). The maximum Gasteiger partial charge on any atom is 0.257 e. The molecule has 3 N–H and O–H groups in total. The SMILES string of the molecule is C#Cc1ccc(NC(=O)c2cc(Cl)cc(OC)c2NC(=O)c2ccc(C(=C3CCN3)N3CCC3)cc2)cc1. The average molecular weight is 527 g/mol. The lowest BCUT2D eigenvalue weighted by molar-refractivity contribution is 0.102. The maximum atomic E-state index is 13.3. The first-order chi connectivity index (χ1) is 18.5. The summed E-state index contributed by atoms with van der Waals surface area (Å²) in [6, 6.07) is 17.4. The lowest BCUT2D eigenvalue weighted by atomic mass is 9.99. The summed E-state index contributed by atoms with van der Waals surface area (Å²) in [6.45, 7) is 3.07. The lowest BCUT2D eigenvalue weighted by Crippen LogP contribution is -2.40. The van der Waals surface area contributed by atoms with Gasteiger partial charge < -0.3 is 25.6 Å². The van der Waals surface area contributed by atoms with Crippen LogP contribution < -0.4 is 20.7 Å². The van der Waals surface area contributed by atoms with Crippen molar-refractivity contribution in [1.82, 2.24) is 10.2 Å². The molecule has 192 valence electrons. The summed E-state index contributed by atoms with van der Waals surface area (Å²) in [5.41, 5.74) is 5.63. The number of carbonyl (C=O) groups is 2. The number of nitrogens with zero attached hydrogens (tertiary/aromatic N) is 1. The Balaban J connectivity index is 1.39. The molecular weight excluding hydrogens is 500 g/mol. The number of likely N-dealkylation sites (tertiary alicyclic amines) is 1. The van der Waals surface area contributed by atoms with Gasteiger partial charge in [-0.3, -0.25) is 9.59 Å². The van der Waals surface area contributed by atoms with E-state index in [4.69, 9.17) is 22.8 Å². The maximum absolute atomic E-state index is 13.3. The number of terminal acetylenes is 1. The second kappa shape index (κ2) is 10.9. The van der Waals surface area contributed by atoms with E-state index < -0.39 is 5.91 Å². The van der Waals surface area contributed by atoms with Crippen molar-refractivity contribution >= 4 is 40.5 Å².